The lowest BCUT2D eigenvalue weighted by Crippen LogP contribution is -2.20. The summed E-state index contributed by atoms with van der Waals surface area (Å²) in [5, 5.41) is 3.24. The van der Waals surface area contributed by atoms with E-state index < -0.39 is 0 Å². The van der Waals surface area contributed by atoms with Crippen molar-refractivity contribution in [2.45, 2.75) is 27.3 Å². The minimum atomic E-state index is -0.132. The highest BCUT2D eigenvalue weighted by molar-refractivity contribution is 5.50. The van der Waals surface area contributed by atoms with E-state index in [9.17, 15) is 4.39 Å². The Bertz CT molecular complexity index is 395. The maximum atomic E-state index is 13.6. The van der Waals surface area contributed by atoms with E-state index in [1.165, 1.54) is 0 Å². The van der Waals surface area contributed by atoms with Crippen molar-refractivity contribution in [3.05, 3.63) is 29.6 Å². The molecule has 0 spiro atoms. The Balaban J connectivity index is 2.15. The van der Waals surface area contributed by atoms with Gasteiger partial charge < -0.3 is 10.2 Å². The molecule has 0 aromatic heterocycles. The van der Waals surface area contributed by atoms with Gasteiger partial charge in [-0.05, 0) is 42.1 Å². The van der Waals surface area contributed by atoms with E-state index in [0.29, 0.717) is 11.8 Å². The number of nitrogens with one attached hydrogen (secondary N) is 1. The molecular formula is C15H23FN2. The van der Waals surface area contributed by atoms with Gasteiger partial charge in [-0.2, -0.15) is 0 Å². The Hall–Kier alpha value is -1.09. The molecule has 1 heterocycles. The van der Waals surface area contributed by atoms with Crippen LogP contribution >= 0.6 is 0 Å². The Morgan fingerprint density at radius 1 is 1.22 bits per heavy atom. The minimum Gasteiger partial charge on any atom is -0.371 e. The van der Waals surface area contributed by atoms with Crippen LogP contribution in [0, 0.1) is 17.7 Å². The molecule has 1 saturated heterocycles. The van der Waals surface area contributed by atoms with Crippen LogP contribution < -0.4 is 10.2 Å². The molecule has 1 aliphatic heterocycles. The van der Waals surface area contributed by atoms with Gasteiger partial charge in [-0.25, -0.2) is 4.39 Å². The maximum Gasteiger partial charge on any atom is 0.125 e. The van der Waals surface area contributed by atoms with Crippen LogP contribution in [0.15, 0.2) is 18.2 Å². The topological polar surface area (TPSA) is 15.3 Å². The molecule has 1 aliphatic rings. The van der Waals surface area contributed by atoms with Crippen LogP contribution in [0.1, 0.15) is 26.3 Å². The minimum absolute atomic E-state index is 0.132. The number of benzene rings is 1. The summed E-state index contributed by atoms with van der Waals surface area (Å²) >= 11 is 0. The van der Waals surface area contributed by atoms with E-state index in [1.807, 2.05) is 0 Å². The van der Waals surface area contributed by atoms with Crippen molar-refractivity contribution >= 4 is 5.69 Å². The van der Waals surface area contributed by atoms with E-state index in [1.54, 1.807) is 12.1 Å². The highest BCUT2D eigenvalue weighted by Gasteiger charge is 2.26. The molecule has 1 aromatic rings. The standard InChI is InChI=1S/C15H23FN2/c1-4-17-8-13-5-14(16)7-15(6-13)18-9-11(2)12(3)10-18/h5-7,11-12,17H,4,8-10H2,1-3H3. The van der Waals surface area contributed by atoms with E-state index in [-0.39, 0.29) is 5.82 Å². The third kappa shape index (κ3) is 3.02. The summed E-state index contributed by atoms with van der Waals surface area (Å²) in [5.74, 6) is 1.24. The van der Waals surface area contributed by atoms with Crippen LogP contribution in [0.3, 0.4) is 0 Å². The lowest BCUT2D eigenvalue weighted by molar-refractivity contribution is 0.494. The van der Waals surface area contributed by atoms with Crippen LogP contribution in [0.4, 0.5) is 10.1 Å². The molecule has 2 atom stereocenters. The molecule has 1 fully saturated rings. The van der Waals surface area contributed by atoms with Gasteiger partial charge in [0.1, 0.15) is 5.82 Å². The molecule has 2 unspecified atom stereocenters. The van der Waals surface area contributed by atoms with Gasteiger partial charge >= 0.3 is 0 Å². The lowest BCUT2D eigenvalue weighted by atomic mass is 10.0. The van der Waals surface area contributed by atoms with Gasteiger partial charge in [-0.15, -0.1) is 0 Å². The Kier molecular flexibility index (Phi) is 4.23. The van der Waals surface area contributed by atoms with Crippen molar-refractivity contribution < 1.29 is 4.39 Å². The van der Waals surface area contributed by atoms with Gasteiger partial charge in [0.2, 0.25) is 0 Å². The summed E-state index contributed by atoms with van der Waals surface area (Å²) in [6.07, 6.45) is 0. The monoisotopic (exact) mass is 250 g/mol. The second-order valence-corrected chi connectivity index (χ2v) is 5.46. The highest BCUT2D eigenvalue weighted by atomic mass is 19.1. The highest BCUT2D eigenvalue weighted by Crippen LogP contribution is 2.28. The first-order valence-electron chi connectivity index (χ1n) is 6.85. The predicted octanol–water partition coefficient (Wildman–Crippen LogP) is 3.03. The number of hydrogen-bond acceptors (Lipinski definition) is 2. The van der Waals surface area contributed by atoms with Gasteiger partial charge in [-0.1, -0.05) is 20.8 Å². The summed E-state index contributed by atoms with van der Waals surface area (Å²) in [6, 6.07) is 5.38. The zero-order valence-corrected chi connectivity index (χ0v) is 11.5. The third-order valence-electron chi connectivity index (χ3n) is 3.87. The lowest BCUT2D eigenvalue weighted by Gasteiger charge is -2.19. The van der Waals surface area contributed by atoms with Crippen LogP contribution in [-0.2, 0) is 6.54 Å². The van der Waals surface area contributed by atoms with Crippen molar-refractivity contribution in [2.24, 2.45) is 11.8 Å². The molecule has 2 nitrogen and oxygen atoms in total. The van der Waals surface area contributed by atoms with Crippen molar-refractivity contribution in [1.82, 2.24) is 5.32 Å². The van der Waals surface area contributed by atoms with E-state index >= 15 is 0 Å². The maximum absolute atomic E-state index is 13.6. The average molecular weight is 250 g/mol. The molecule has 100 valence electrons. The molecule has 0 aliphatic carbocycles. The van der Waals surface area contributed by atoms with Crippen molar-refractivity contribution in [2.75, 3.05) is 24.5 Å². The largest absolute Gasteiger partial charge is 0.371 e. The fourth-order valence-corrected chi connectivity index (χ4v) is 2.53. The molecule has 0 bridgehead atoms. The van der Waals surface area contributed by atoms with E-state index in [0.717, 1.165) is 37.4 Å². The fourth-order valence-electron chi connectivity index (χ4n) is 2.53. The smallest absolute Gasteiger partial charge is 0.125 e. The van der Waals surface area contributed by atoms with E-state index in [4.69, 9.17) is 0 Å². The first-order chi connectivity index (χ1) is 8.60. The Morgan fingerprint density at radius 3 is 2.50 bits per heavy atom. The molecule has 0 amide bonds. The van der Waals surface area contributed by atoms with E-state index in [2.05, 4.69) is 37.1 Å². The second-order valence-electron chi connectivity index (χ2n) is 5.46. The van der Waals surface area contributed by atoms with Crippen LogP contribution in [0.25, 0.3) is 0 Å². The number of nitrogens with zero attached hydrogens (tertiary/aromatic N) is 1. The Morgan fingerprint density at radius 2 is 1.89 bits per heavy atom. The average Bonchev–Trinajstić information content (AvgIpc) is 2.66. The first kappa shape index (κ1) is 13.3. The quantitative estimate of drug-likeness (QED) is 0.883. The molecule has 18 heavy (non-hydrogen) atoms. The predicted molar refractivity (Wildman–Crippen MR) is 74.3 cm³/mol. The van der Waals surface area contributed by atoms with Gasteiger partial charge in [0, 0.05) is 25.3 Å². The van der Waals surface area contributed by atoms with Gasteiger partial charge in [-0.3, -0.25) is 0 Å². The Labute approximate surface area is 109 Å². The normalized spacial score (nSPS) is 23.7. The van der Waals surface area contributed by atoms with Gasteiger partial charge in [0.05, 0.1) is 0 Å². The van der Waals surface area contributed by atoms with Crippen molar-refractivity contribution in [1.29, 1.82) is 0 Å². The molecule has 0 radical (unpaired) electrons. The van der Waals surface area contributed by atoms with Crippen LogP contribution in [0.2, 0.25) is 0 Å². The van der Waals surface area contributed by atoms with Crippen molar-refractivity contribution in [3.63, 3.8) is 0 Å². The zero-order chi connectivity index (χ0) is 13.1. The molecule has 0 saturated carbocycles. The number of rotatable bonds is 4. The first-order valence-corrected chi connectivity index (χ1v) is 6.85. The summed E-state index contributed by atoms with van der Waals surface area (Å²) in [5.41, 5.74) is 2.05. The van der Waals surface area contributed by atoms with Gasteiger partial charge in [0.15, 0.2) is 0 Å². The number of hydrogen-bond donors (Lipinski definition) is 1. The van der Waals surface area contributed by atoms with Gasteiger partial charge in [0.25, 0.3) is 0 Å². The zero-order valence-electron chi connectivity index (χ0n) is 11.5. The molecular weight excluding hydrogens is 227 g/mol. The second kappa shape index (κ2) is 5.70. The molecule has 1 aromatic carbocycles. The fraction of sp³-hybridized carbons (Fsp3) is 0.600. The summed E-state index contributed by atoms with van der Waals surface area (Å²) < 4.78 is 13.6. The molecule has 2 rings (SSSR count). The van der Waals surface area contributed by atoms with Crippen molar-refractivity contribution in [3.8, 4) is 0 Å². The molecule has 1 N–H and O–H groups in total. The summed E-state index contributed by atoms with van der Waals surface area (Å²) in [4.78, 5) is 2.30. The molecule has 3 heteroatoms. The SMILES string of the molecule is CCNCc1cc(F)cc(N2CC(C)C(C)C2)c1. The van der Waals surface area contributed by atoms with Crippen LogP contribution in [-0.4, -0.2) is 19.6 Å². The van der Waals surface area contributed by atoms with Crippen LogP contribution in [0.5, 0.6) is 0 Å². The summed E-state index contributed by atoms with van der Waals surface area (Å²) in [7, 11) is 0. The summed E-state index contributed by atoms with van der Waals surface area (Å²) in [6.45, 7) is 10.3. The third-order valence-corrected chi connectivity index (χ3v) is 3.87. The number of halogens is 1. The number of anilines is 1.